The van der Waals surface area contributed by atoms with E-state index in [9.17, 15) is 9.90 Å². The number of hydrogen-bond acceptors (Lipinski definition) is 3. The van der Waals surface area contributed by atoms with E-state index in [-0.39, 0.29) is 6.03 Å². The highest BCUT2D eigenvalue weighted by Gasteiger charge is 2.13. The number of carbonyl (C=O) groups excluding carboxylic acids is 1. The summed E-state index contributed by atoms with van der Waals surface area (Å²) in [5, 5.41) is 14.5. The summed E-state index contributed by atoms with van der Waals surface area (Å²) in [4.78, 5) is 15.2. The van der Waals surface area contributed by atoms with Gasteiger partial charge in [-0.1, -0.05) is 18.2 Å². The summed E-state index contributed by atoms with van der Waals surface area (Å²) in [7, 11) is 0. The molecule has 5 heteroatoms. The van der Waals surface area contributed by atoms with E-state index in [0.717, 1.165) is 10.4 Å². The lowest BCUT2D eigenvalue weighted by atomic mass is 10.1. The molecule has 1 aromatic heterocycles. The van der Waals surface area contributed by atoms with Gasteiger partial charge in [0, 0.05) is 17.1 Å². The highest BCUT2D eigenvalue weighted by Crippen LogP contribution is 2.18. The molecule has 0 saturated heterocycles. The first-order chi connectivity index (χ1) is 10.1. The van der Waals surface area contributed by atoms with E-state index in [0.29, 0.717) is 18.8 Å². The van der Waals surface area contributed by atoms with Gasteiger partial charge in [0.1, 0.15) is 0 Å². The van der Waals surface area contributed by atoms with Crippen LogP contribution >= 0.6 is 11.3 Å². The second-order valence-corrected chi connectivity index (χ2v) is 5.86. The summed E-state index contributed by atoms with van der Waals surface area (Å²) in [5.74, 6) is 0. The number of aliphatic hydroxyl groups excluding tert-OH is 1. The average molecular weight is 304 g/mol. The Balaban J connectivity index is 2.03. The van der Waals surface area contributed by atoms with Crippen LogP contribution in [0.4, 0.5) is 10.5 Å². The third-order valence-electron chi connectivity index (χ3n) is 3.22. The van der Waals surface area contributed by atoms with Gasteiger partial charge >= 0.3 is 6.03 Å². The lowest BCUT2D eigenvalue weighted by Gasteiger charge is -2.21. The first kappa shape index (κ1) is 15.5. The minimum atomic E-state index is -0.546. The number of benzene rings is 1. The number of rotatable bonds is 5. The van der Waals surface area contributed by atoms with Crippen LogP contribution in [0.25, 0.3) is 0 Å². The van der Waals surface area contributed by atoms with E-state index in [4.69, 9.17) is 0 Å². The van der Waals surface area contributed by atoms with E-state index in [1.807, 2.05) is 42.6 Å². The summed E-state index contributed by atoms with van der Waals surface area (Å²) < 4.78 is 0. The van der Waals surface area contributed by atoms with Gasteiger partial charge in [0.05, 0.1) is 12.6 Å². The zero-order chi connectivity index (χ0) is 15.2. The lowest BCUT2D eigenvalue weighted by molar-refractivity contribution is 0.199. The molecule has 2 amide bonds. The first-order valence-corrected chi connectivity index (χ1v) is 7.84. The van der Waals surface area contributed by atoms with Crippen LogP contribution in [0, 0.1) is 0 Å². The predicted octanol–water partition coefficient (Wildman–Crippen LogP) is 3.86. The Morgan fingerprint density at radius 3 is 2.81 bits per heavy atom. The molecule has 0 fully saturated rings. The normalized spacial score (nSPS) is 12.0. The van der Waals surface area contributed by atoms with Crippen molar-refractivity contribution < 1.29 is 9.90 Å². The molecule has 1 unspecified atom stereocenters. The number of urea groups is 1. The zero-order valence-electron chi connectivity index (χ0n) is 12.2. The second kappa shape index (κ2) is 7.24. The molecule has 0 saturated carbocycles. The van der Waals surface area contributed by atoms with Crippen molar-refractivity contribution in [1.82, 2.24) is 4.90 Å². The van der Waals surface area contributed by atoms with Crippen molar-refractivity contribution >= 4 is 23.1 Å². The third kappa shape index (κ3) is 4.31. The summed E-state index contributed by atoms with van der Waals surface area (Å²) in [6, 6.07) is 11.2. The number of carbonyl (C=O) groups is 1. The Morgan fingerprint density at radius 2 is 2.19 bits per heavy atom. The highest BCUT2D eigenvalue weighted by molar-refractivity contribution is 7.09. The molecule has 0 bridgehead atoms. The standard InChI is InChI=1S/C16H20N2O2S/c1-3-18(11-15-8-5-9-21-15)16(20)17-14-7-4-6-13(10-14)12(2)19/h4-10,12,19H,3,11H2,1-2H3,(H,17,20). The van der Waals surface area contributed by atoms with Crippen LogP contribution in [0.2, 0.25) is 0 Å². The van der Waals surface area contributed by atoms with Gasteiger partial charge in [-0.25, -0.2) is 4.79 Å². The van der Waals surface area contributed by atoms with Crippen molar-refractivity contribution in [3.8, 4) is 0 Å². The molecular weight excluding hydrogens is 284 g/mol. The number of amides is 2. The minimum absolute atomic E-state index is 0.131. The van der Waals surface area contributed by atoms with Gasteiger partial charge in [-0.15, -0.1) is 11.3 Å². The van der Waals surface area contributed by atoms with Gasteiger partial charge in [-0.05, 0) is 43.0 Å². The number of anilines is 1. The van der Waals surface area contributed by atoms with Gasteiger partial charge in [0.25, 0.3) is 0 Å². The zero-order valence-corrected chi connectivity index (χ0v) is 13.1. The maximum Gasteiger partial charge on any atom is 0.322 e. The molecule has 2 N–H and O–H groups in total. The highest BCUT2D eigenvalue weighted by atomic mass is 32.1. The molecule has 4 nitrogen and oxygen atoms in total. The Hall–Kier alpha value is -1.85. The Labute approximate surface area is 129 Å². The number of thiophene rings is 1. The summed E-state index contributed by atoms with van der Waals surface area (Å²) in [6.07, 6.45) is -0.546. The number of aliphatic hydroxyl groups is 1. The van der Waals surface area contributed by atoms with Crippen molar-refractivity contribution in [1.29, 1.82) is 0 Å². The Morgan fingerprint density at radius 1 is 1.38 bits per heavy atom. The maximum absolute atomic E-state index is 12.3. The van der Waals surface area contributed by atoms with Crippen molar-refractivity contribution in [2.75, 3.05) is 11.9 Å². The van der Waals surface area contributed by atoms with Crippen molar-refractivity contribution in [3.63, 3.8) is 0 Å². The van der Waals surface area contributed by atoms with Gasteiger partial charge in [0.2, 0.25) is 0 Å². The van der Waals surface area contributed by atoms with Crippen LogP contribution in [-0.2, 0) is 6.54 Å². The largest absolute Gasteiger partial charge is 0.389 e. The molecule has 1 heterocycles. The van der Waals surface area contributed by atoms with E-state index in [1.165, 1.54) is 0 Å². The Kier molecular flexibility index (Phi) is 5.36. The van der Waals surface area contributed by atoms with E-state index >= 15 is 0 Å². The van der Waals surface area contributed by atoms with Gasteiger partial charge in [0.15, 0.2) is 0 Å². The summed E-state index contributed by atoms with van der Waals surface area (Å²) in [5.41, 5.74) is 1.48. The molecule has 112 valence electrons. The molecule has 0 aliphatic heterocycles. The van der Waals surface area contributed by atoms with Crippen LogP contribution in [0.15, 0.2) is 41.8 Å². The fourth-order valence-corrected chi connectivity index (χ4v) is 2.72. The fraction of sp³-hybridized carbons (Fsp3) is 0.312. The number of nitrogens with zero attached hydrogens (tertiary/aromatic N) is 1. The molecular formula is C16H20N2O2S. The quantitative estimate of drug-likeness (QED) is 0.881. The van der Waals surface area contributed by atoms with Crippen LogP contribution in [0.3, 0.4) is 0 Å². The third-order valence-corrected chi connectivity index (χ3v) is 4.08. The maximum atomic E-state index is 12.3. The summed E-state index contributed by atoms with van der Waals surface area (Å²) >= 11 is 1.64. The van der Waals surface area contributed by atoms with Crippen LogP contribution in [0.5, 0.6) is 0 Å². The average Bonchev–Trinajstić information content (AvgIpc) is 2.97. The molecule has 1 atom stereocenters. The molecule has 0 aliphatic rings. The van der Waals surface area contributed by atoms with Gasteiger partial charge < -0.3 is 15.3 Å². The van der Waals surface area contributed by atoms with Crippen molar-refractivity contribution in [3.05, 3.63) is 52.2 Å². The fourth-order valence-electron chi connectivity index (χ4n) is 2.00. The molecule has 2 rings (SSSR count). The molecule has 0 spiro atoms. The predicted molar refractivity (Wildman–Crippen MR) is 86.5 cm³/mol. The number of hydrogen-bond donors (Lipinski definition) is 2. The Bertz CT molecular complexity index is 582. The first-order valence-electron chi connectivity index (χ1n) is 6.96. The molecule has 0 radical (unpaired) electrons. The smallest absolute Gasteiger partial charge is 0.322 e. The van der Waals surface area contributed by atoms with E-state index in [1.54, 1.807) is 29.2 Å². The van der Waals surface area contributed by atoms with Crippen LogP contribution in [0.1, 0.15) is 30.4 Å². The van der Waals surface area contributed by atoms with E-state index < -0.39 is 6.10 Å². The van der Waals surface area contributed by atoms with Crippen molar-refractivity contribution in [2.45, 2.75) is 26.5 Å². The SMILES string of the molecule is CCN(Cc1cccs1)C(=O)Nc1cccc(C(C)O)c1. The van der Waals surface area contributed by atoms with Gasteiger partial charge in [-0.2, -0.15) is 0 Å². The number of nitrogens with one attached hydrogen (secondary N) is 1. The minimum Gasteiger partial charge on any atom is -0.389 e. The topological polar surface area (TPSA) is 52.6 Å². The molecule has 1 aromatic carbocycles. The van der Waals surface area contributed by atoms with Crippen LogP contribution in [-0.4, -0.2) is 22.6 Å². The van der Waals surface area contributed by atoms with E-state index in [2.05, 4.69) is 5.32 Å². The van der Waals surface area contributed by atoms with Crippen molar-refractivity contribution in [2.24, 2.45) is 0 Å². The van der Waals surface area contributed by atoms with Crippen LogP contribution < -0.4 is 5.32 Å². The molecule has 2 aromatic rings. The summed E-state index contributed by atoms with van der Waals surface area (Å²) in [6.45, 7) is 4.91. The second-order valence-electron chi connectivity index (χ2n) is 4.83. The lowest BCUT2D eigenvalue weighted by Crippen LogP contribution is -2.34. The molecule has 0 aliphatic carbocycles. The van der Waals surface area contributed by atoms with Gasteiger partial charge in [-0.3, -0.25) is 0 Å². The monoisotopic (exact) mass is 304 g/mol. The molecule has 21 heavy (non-hydrogen) atoms.